The topological polar surface area (TPSA) is 55.1 Å². The van der Waals surface area contributed by atoms with Gasteiger partial charge in [-0.25, -0.2) is 4.39 Å². The molecule has 0 fully saturated rings. The number of hydrogen-bond donors (Lipinski definition) is 2. The molecule has 0 aliphatic heterocycles. The predicted octanol–water partition coefficient (Wildman–Crippen LogP) is 2.92. The van der Waals surface area contributed by atoms with Crippen LogP contribution in [-0.2, 0) is 10.2 Å². The van der Waals surface area contributed by atoms with Crippen LogP contribution in [0.2, 0.25) is 0 Å². The lowest BCUT2D eigenvalue weighted by molar-refractivity contribution is -0.125. The Kier molecular flexibility index (Phi) is 4.93. The fourth-order valence-electron chi connectivity index (χ4n) is 2.24. The third kappa shape index (κ3) is 3.71. The van der Waals surface area contributed by atoms with E-state index in [9.17, 15) is 9.18 Å². The fraction of sp³-hybridized carbons (Fsp3) is 0.278. The van der Waals surface area contributed by atoms with Gasteiger partial charge in [0, 0.05) is 12.6 Å². The maximum atomic E-state index is 13.0. The van der Waals surface area contributed by atoms with Crippen molar-refractivity contribution in [1.82, 2.24) is 5.32 Å². The Morgan fingerprint density at radius 2 is 1.73 bits per heavy atom. The highest BCUT2D eigenvalue weighted by atomic mass is 19.1. The van der Waals surface area contributed by atoms with Gasteiger partial charge < -0.3 is 11.1 Å². The Hall–Kier alpha value is -2.20. The lowest BCUT2D eigenvalue weighted by Crippen LogP contribution is -2.42. The lowest BCUT2D eigenvalue weighted by atomic mass is 9.83. The van der Waals surface area contributed by atoms with Gasteiger partial charge in [-0.2, -0.15) is 0 Å². The molecular formula is C18H21FN2O. The van der Waals surface area contributed by atoms with E-state index in [1.807, 2.05) is 44.2 Å². The number of benzene rings is 2. The molecule has 0 heterocycles. The highest BCUT2D eigenvalue weighted by molar-refractivity contribution is 5.87. The molecule has 1 unspecified atom stereocenters. The molecule has 2 rings (SSSR count). The number of amides is 1. The summed E-state index contributed by atoms with van der Waals surface area (Å²) in [5.41, 5.74) is 7.07. The maximum absolute atomic E-state index is 13.0. The summed E-state index contributed by atoms with van der Waals surface area (Å²) in [6.07, 6.45) is 0. The summed E-state index contributed by atoms with van der Waals surface area (Å²) in [5, 5.41) is 2.88. The second-order valence-electron chi connectivity index (χ2n) is 5.86. The van der Waals surface area contributed by atoms with Crippen molar-refractivity contribution in [1.29, 1.82) is 0 Å². The molecule has 116 valence electrons. The largest absolute Gasteiger partial charge is 0.353 e. The normalized spacial score (nSPS) is 12.7. The van der Waals surface area contributed by atoms with E-state index in [2.05, 4.69) is 5.32 Å². The minimum absolute atomic E-state index is 0.134. The minimum atomic E-state index is -0.746. The van der Waals surface area contributed by atoms with Gasteiger partial charge in [0.1, 0.15) is 5.82 Å². The maximum Gasteiger partial charge on any atom is 0.230 e. The van der Waals surface area contributed by atoms with Gasteiger partial charge in [0.15, 0.2) is 0 Å². The second-order valence-corrected chi connectivity index (χ2v) is 5.86. The van der Waals surface area contributed by atoms with Crippen LogP contribution in [0.3, 0.4) is 0 Å². The monoisotopic (exact) mass is 300 g/mol. The van der Waals surface area contributed by atoms with E-state index >= 15 is 0 Å². The molecule has 0 saturated heterocycles. The van der Waals surface area contributed by atoms with Crippen molar-refractivity contribution in [2.75, 3.05) is 6.54 Å². The Morgan fingerprint density at radius 3 is 2.32 bits per heavy atom. The number of halogens is 1. The summed E-state index contributed by atoms with van der Waals surface area (Å²) < 4.78 is 13.0. The molecule has 0 radical (unpaired) electrons. The Balaban J connectivity index is 2.00. The molecule has 0 spiro atoms. The van der Waals surface area contributed by atoms with E-state index in [0.717, 1.165) is 11.1 Å². The molecule has 0 aliphatic rings. The molecule has 2 aromatic carbocycles. The zero-order chi connectivity index (χ0) is 16.2. The first-order valence-electron chi connectivity index (χ1n) is 7.26. The number of carbonyl (C=O) groups is 1. The van der Waals surface area contributed by atoms with Crippen LogP contribution in [-0.4, -0.2) is 12.5 Å². The highest BCUT2D eigenvalue weighted by Crippen LogP contribution is 2.23. The summed E-state index contributed by atoms with van der Waals surface area (Å²) >= 11 is 0. The van der Waals surface area contributed by atoms with E-state index in [-0.39, 0.29) is 17.8 Å². The third-order valence-corrected chi connectivity index (χ3v) is 3.84. The number of hydrogen-bond acceptors (Lipinski definition) is 2. The van der Waals surface area contributed by atoms with E-state index in [1.165, 1.54) is 12.1 Å². The van der Waals surface area contributed by atoms with Crippen LogP contribution >= 0.6 is 0 Å². The molecule has 1 amide bonds. The van der Waals surface area contributed by atoms with Gasteiger partial charge in [-0.3, -0.25) is 4.79 Å². The van der Waals surface area contributed by atoms with Crippen LogP contribution in [0.4, 0.5) is 4.39 Å². The first kappa shape index (κ1) is 16.2. The standard InChI is InChI=1S/C18H21FN2O/c1-18(2,14-8-10-15(19)11-9-14)17(22)21-12-16(20)13-6-4-3-5-7-13/h3-11,16H,12,20H2,1-2H3,(H,21,22). The molecule has 4 heteroatoms. The number of rotatable bonds is 5. The van der Waals surface area contributed by atoms with Crippen molar-refractivity contribution in [3.05, 3.63) is 71.5 Å². The summed E-state index contributed by atoms with van der Waals surface area (Å²) in [6, 6.07) is 15.3. The molecule has 0 aliphatic carbocycles. The van der Waals surface area contributed by atoms with E-state index in [4.69, 9.17) is 5.73 Å². The Labute approximate surface area is 130 Å². The molecule has 22 heavy (non-hydrogen) atoms. The van der Waals surface area contributed by atoms with Gasteiger partial charge in [0.25, 0.3) is 0 Å². The molecule has 0 saturated carbocycles. The Bertz CT molecular complexity index is 623. The van der Waals surface area contributed by atoms with Crippen LogP contribution < -0.4 is 11.1 Å². The van der Waals surface area contributed by atoms with E-state index < -0.39 is 5.41 Å². The average Bonchev–Trinajstić information content (AvgIpc) is 2.53. The van der Waals surface area contributed by atoms with E-state index in [1.54, 1.807) is 12.1 Å². The summed E-state index contributed by atoms with van der Waals surface area (Å²) in [6.45, 7) is 3.97. The zero-order valence-electron chi connectivity index (χ0n) is 12.8. The zero-order valence-corrected chi connectivity index (χ0v) is 12.8. The SMILES string of the molecule is CC(C)(C(=O)NCC(N)c1ccccc1)c1ccc(F)cc1. The third-order valence-electron chi connectivity index (χ3n) is 3.84. The average molecular weight is 300 g/mol. The van der Waals surface area contributed by atoms with Crippen LogP contribution in [0, 0.1) is 5.82 Å². The van der Waals surface area contributed by atoms with Crippen LogP contribution in [0.5, 0.6) is 0 Å². The highest BCUT2D eigenvalue weighted by Gasteiger charge is 2.29. The number of carbonyl (C=O) groups excluding carboxylic acids is 1. The van der Waals surface area contributed by atoms with Crippen LogP contribution in [0.25, 0.3) is 0 Å². The first-order chi connectivity index (χ1) is 10.4. The molecular weight excluding hydrogens is 279 g/mol. The molecule has 0 aromatic heterocycles. The van der Waals surface area contributed by atoms with Crippen molar-refractivity contribution in [2.24, 2.45) is 5.73 Å². The molecule has 3 nitrogen and oxygen atoms in total. The van der Waals surface area contributed by atoms with Crippen LogP contribution in [0.15, 0.2) is 54.6 Å². The quantitative estimate of drug-likeness (QED) is 0.892. The van der Waals surface area contributed by atoms with Gasteiger partial charge in [-0.15, -0.1) is 0 Å². The molecule has 0 bridgehead atoms. The fourth-order valence-corrected chi connectivity index (χ4v) is 2.24. The van der Waals surface area contributed by atoms with E-state index in [0.29, 0.717) is 6.54 Å². The predicted molar refractivity (Wildman–Crippen MR) is 85.8 cm³/mol. The van der Waals surface area contributed by atoms with Crippen molar-refractivity contribution in [2.45, 2.75) is 25.3 Å². The lowest BCUT2D eigenvalue weighted by Gasteiger charge is -2.25. The second kappa shape index (κ2) is 6.71. The summed E-state index contributed by atoms with van der Waals surface area (Å²) in [7, 11) is 0. The molecule has 1 atom stereocenters. The van der Waals surface area contributed by atoms with Crippen molar-refractivity contribution in [3.63, 3.8) is 0 Å². The van der Waals surface area contributed by atoms with Gasteiger partial charge in [0.05, 0.1) is 5.41 Å². The van der Waals surface area contributed by atoms with Gasteiger partial charge in [-0.05, 0) is 37.1 Å². The van der Waals surface area contributed by atoms with Crippen molar-refractivity contribution >= 4 is 5.91 Å². The van der Waals surface area contributed by atoms with Gasteiger partial charge in [-0.1, -0.05) is 42.5 Å². The summed E-state index contributed by atoms with van der Waals surface area (Å²) in [5.74, 6) is -0.448. The number of nitrogens with two attached hydrogens (primary N) is 1. The molecule has 3 N–H and O–H groups in total. The van der Waals surface area contributed by atoms with Gasteiger partial charge >= 0.3 is 0 Å². The molecule has 2 aromatic rings. The Morgan fingerprint density at radius 1 is 1.14 bits per heavy atom. The van der Waals surface area contributed by atoms with Gasteiger partial charge in [0.2, 0.25) is 5.91 Å². The minimum Gasteiger partial charge on any atom is -0.353 e. The summed E-state index contributed by atoms with van der Waals surface area (Å²) in [4.78, 5) is 12.4. The van der Waals surface area contributed by atoms with Crippen molar-refractivity contribution < 1.29 is 9.18 Å². The van der Waals surface area contributed by atoms with Crippen LogP contribution in [0.1, 0.15) is 31.0 Å². The smallest absolute Gasteiger partial charge is 0.230 e. The first-order valence-corrected chi connectivity index (χ1v) is 7.26. The number of nitrogens with one attached hydrogen (secondary N) is 1. The van der Waals surface area contributed by atoms with Crippen molar-refractivity contribution in [3.8, 4) is 0 Å².